The zero-order valence-corrected chi connectivity index (χ0v) is 13.0. The van der Waals surface area contributed by atoms with Gasteiger partial charge in [-0.2, -0.15) is 0 Å². The van der Waals surface area contributed by atoms with Gasteiger partial charge < -0.3 is 15.0 Å². The van der Waals surface area contributed by atoms with E-state index in [2.05, 4.69) is 37.5 Å². The van der Waals surface area contributed by atoms with Gasteiger partial charge in [-0.05, 0) is 29.7 Å². The third kappa shape index (κ3) is 2.50. The van der Waals surface area contributed by atoms with Crippen molar-refractivity contribution in [3.63, 3.8) is 0 Å². The zero-order chi connectivity index (χ0) is 15.0. The molecule has 0 saturated carbocycles. The van der Waals surface area contributed by atoms with Gasteiger partial charge >= 0.3 is 0 Å². The summed E-state index contributed by atoms with van der Waals surface area (Å²) in [6.07, 6.45) is 1.86. The van der Waals surface area contributed by atoms with Gasteiger partial charge in [0.25, 0.3) is 0 Å². The number of hydrogen-bond donors (Lipinski definition) is 1. The number of nitrogens with two attached hydrogens (primary N) is 1. The molecule has 4 heteroatoms. The lowest BCUT2D eigenvalue weighted by Crippen LogP contribution is -2.10. The molecular formula is C17H23N3O. The number of rotatable bonds is 4. The summed E-state index contributed by atoms with van der Waals surface area (Å²) in [6, 6.07) is 6.26. The molecule has 1 aromatic heterocycles. The summed E-state index contributed by atoms with van der Waals surface area (Å²) in [5.74, 6) is 3.38. The summed E-state index contributed by atoms with van der Waals surface area (Å²) >= 11 is 0. The third-order valence-corrected chi connectivity index (χ3v) is 3.91. The fraction of sp³-hybridized carbons (Fsp3) is 0.471. The quantitative estimate of drug-likeness (QED) is 0.938. The molecule has 2 heterocycles. The highest BCUT2D eigenvalue weighted by molar-refractivity contribution is 5.72. The van der Waals surface area contributed by atoms with E-state index in [9.17, 15) is 0 Å². The highest BCUT2D eigenvalue weighted by Crippen LogP contribution is 2.33. The van der Waals surface area contributed by atoms with Crippen molar-refractivity contribution in [1.29, 1.82) is 0 Å². The second-order valence-corrected chi connectivity index (χ2v) is 6.04. The number of aromatic nitrogens is 2. The van der Waals surface area contributed by atoms with E-state index in [4.69, 9.17) is 15.5 Å². The molecule has 0 radical (unpaired) electrons. The van der Waals surface area contributed by atoms with Gasteiger partial charge in [-0.25, -0.2) is 4.98 Å². The van der Waals surface area contributed by atoms with E-state index in [1.165, 1.54) is 5.56 Å². The van der Waals surface area contributed by atoms with E-state index in [-0.39, 0.29) is 0 Å². The first-order valence-electron chi connectivity index (χ1n) is 7.71. The van der Waals surface area contributed by atoms with Crippen LogP contribution in [-0.4, -0.2) is 16.2 Å². The molecule has 0 saturated heterocycles. The first-order chi connectivity index (χ1) is 10.1. The van der Waals surface area contributed by atoms with Gasteiger partial charge in [0.15, 0.2) is 0 Å². The van der Waals surface area contributed by atoms with Crippen molar-refractivity contribution in [2.75, 3.05) is 12.3 Å². The van der Waals surface area contributed by atoms with Gasteiger partial charge in [0, 0.05) is 24.9 Å². The number of anilines is 1. The highest BCUT2D eigenvalue weighted by Gasteiger charge is 2.18. The van der Waals surface area contributed by atoms with Crippen LogP contribution in [0.4, 0.5) is 5.82 Å². The van der Waals surface area contributed by atoms with Gasteiger partial charge in [-0.15, -0.1) is 0 Å². The van der Waals surface area contributed by atoms with Crippen LogP contribution in [0.5, 0.6) is 5.75 Å². The number of fused-ring (bicyclic) bond motifs is 1. The van der Waals surface area contributed by atoms with Gasteiger partial charge in [-0.3, -0.25) is 0 Å². The number of nitrogen functional groups attached to an aromatic ring is 1. The molecule has 0 aliphatic carbocycles. The highest BCUT2D eigenvalue weighted by atomic mass is 16.5. The molecule has 0 unspecified atom stereocenters. The molecule has 1 aliphatic rings. The largest absolute Gasteiger partial charge is 0.493 e. The Balaban J connectivity index is 2.04. The summed E-state index contributed by atoms with van der Waals surface area (Å²) in [6.45, 7) is 8.21. The Kier molecular flexibility index (Phi) is 3.62. The Labute approximate surface area is 125 Å². The number of imidazole rings is 1. The fourth-order valence-corrected chi connectivity index (χ4v) is 2.90. The van der Waals surface area contributed by atoms with Crippen LogP contribution in [0.1, 0.15) is 32.2 Å². The first kappa shape index (κ1) is 14.0. The predicted octanol–water partition coefficient (Wildman–Crippen LogP) is 3.29. The minimum absolute atomic E-state index is 0.549. The molecule has 0 amide bonds. The predicted molar refractivity (Wildman–Crippen MR) is 85.5 cm³/mol. The van der Waals surface area contributed by atoms with Gasteiger partial charge in [0.1, 0.15) is 23.1 Å². The minimum Gasteiger partial charge on any atom is -0.493 e. The van der Waals surface area contributed by atoms with Crippen LogP contribution in [0.25, 0.3) is 11.3 Å². The maximum atomic E-state index is 6.37. The number of aryl methyl sites for hydroxylation is 1. The van der Waals surface area contributed by atoms with Crippen LogP contribution in [0, 0.1) is 5.92 Å². The first-order valence-corrected chi connectivity index (χ1v) is 7.71. The van der Waals surface area contributed by atoms with Crippen molar-refractivity contribution in [3.05, 3.63) is 29.6 Å². The average Bonchev–Trinajstić information content (AvgIpc) is 3.03. The summed E-state index contributed by atoms with van der Waals surface area (Å²) in [7, 11) is 0. The van der Waals surface area contributed by atoms with Crippen molar-refractivity contribution < 1.29 is 4.74 Å². The van der Waals surface area contributed by atoms with E-state index in [1.807, 2.05) is 6.07 Å². The molecule has 3 rings (SSSR count). The van der Waals surface area contributed by atoms with Crippen LogP contribution >= 0.6 is 0 Å². The molecule has 21 heavy (non-hydrogen) atoms. The van der Waals surface area contributed by atoms with Gasteiger partial charge in [0.2, 0.25) is 0 Å². The van der Waals surface area contributed by atoms with Crippen LogP contribution in [0.2, 0.25) is 0 Å². The smallest absolute Gasteiger partial charge is 0.131 e. The summed E-state index contributed by atoms with van der Waals surface area (Å²) in [5.41, 5.74) is 9.62. The lowest BCUT2D eigenvalue weighted by atomic mass is 10.1. The molecule has 0 bridgehead atoms. The second-order valence-electron chi connectivity index (χ2n) is 6.04. The lowest BCUT2D eigenvalue weighted by molar-refractivity contribution is 0.357. The number of hydrogen-bond acceptors (Lipinski definition) is 3. The van der Waals surface area contributed by atoms with Crippen molar-refractivity contribution in [2.45, 2.75) is 40.2 Å². The molecule has 1 aromatic carbocycles. The normalized spacial score (nSPS) is 13.5. The Morgan fingerprint density at radius 2 is 2.19 bits per heavy atom. The standard InChI is InChI=1S/C17H23N3O/c1-4-15-19-16(17(18)20(15)10-11(2)3)13-5-6-14-12(9-13)7-8-21-14/h5-6,9,11H,4,7-8,10,18H2,1-3H3. The maximum absolute atomic E-state index is 6.37. The van der Waals surface area contributed by atoms with Crippen LogP contribution in [0.15, 0.2) is 18.2 Å². The topological polar surface area (TPSA) is 53.1 Å². The Bertz CT molecular complexity index is 658. The molecule has 0 spiro atoms. The van der Waals surface area contributed by atoms with Crippen LogP contribution in [-0.2, 0) is 19.4 Å². The van der Waals surface area contributed by atoms with Gasteiger partial charge in [0.05, 0.1) is 6.61 Å². The fourth-order valence-electron chi connectivity index (χ4n) is 2.90. The summed E-state index contributed by atoms with van der Waals surface area (Å²) < 4.78 is 7.72. The van der Waals surface area contributed by atoms with Crippen molar-refractivity contribution in [3.8, 4) is 17.0 Å². The Morgan fingerprint density at radius 3 is 2.90 bits per heavy atom. The monoisotopic (exact) mass is 285 g/mol. The lowest BCUT2D eigenvalue weighted by Gasteiger charge is -2.11. The second kappa shape index (κ2) is 5.43. The van der Waals surface area contributed by atoms with Crippen molar-refractivity contribution >= 4 is 5.82 Å². The minimum atomic E-state index is 0.549. The van der Waals surface area contributed by atoms with Crippen molar-refractivity contribution in [1.82, 2.24) is 9.55 Å². The van der Waals surface area contributed by atoms with Crippen LogP contribution < -0.4 is 10.5 Å². The summed E-state index contributed by atoms with van der Waals surface area (Å²) in [4.78, 5) is 4.77. The summed E-state index contributed by atoms with van der Waals surface area (Å²) in [5, 5.41) is 0. The molecule has 4 nitrogen and oxygen atoms in total. The number of ether oxygens (including phenoxy) is 1. The molecule has 0 fully saturated rings. The molecule has 1 aliphatic heterocycles. The molecule has 2 N–H and O–H groups in total. The maximum Gasteiger partial charge on any atom is 0.131 e. The number of nitrogens with zero attached hydrogens (tertiary/aromatic N) is 2. The molecule has 112 valence electrons. The molecule has 2 aromatic rings. The van der Waals surface area contributed by atoms with E-state index in [1.54, 1.807) is 0 Å². The van der Waals surface area contributed by atoms with E-state index < -0.39 is 0 Å². The molecular weight excluding hydrogens is 262 g/mol. The van der Waals surface area contributed by atoms with Crippen LogP contribution in [0.3, 0.4) is 0 Å². The zero-order valence-electron chi connectivity index (χ0n) is 13.0. The van der Waals surface area contributed by atoms with E-state index in [0.717, 1.165) is 54.6 Å². The molecule has 0 atom stereocenters. The Hall–Kier alpha value is -1.97. The van der Waals surface area contributed by atoms with E-state index in [0.29, 0.717) is 5.92 Å². The third-order valence-electron chi connectivity index (χ3n) is 3.91. The van der Waals surface area contributed by atoms with Gasteiger partial charge in [-0.1, -0.05) is 20.8 Å². The van der Waals surface area contributed by atoms with Crippen molar-refractivity contribution in [2.24, 2.45) is 5.92 Å². The number of benzene rings is 1. The van der Waals surface area contributed by atoms with E-state index >= 15 is 0 Å². The Morgan fingerprint density at radius 1 is 1.38 bits per heavy atom. The average molecular weight is 285 g/mol. The SMILES string of the molecule is CCc1nc(-c2ccc3c(c2)CCO3)c(N)n1CC(C)C.